The number of fused-ring (bicyclic) bond motifs is 1. The molecule has 0 radical (unpaired) electrons. The highest BCUT2D eigenvalue weighted by Crippen LogP contribution is 2.32. The molecular weight excluding hydrogens is 389 g/mol. The number of anilines is 1. The number of hydrogen-bond acceptors (Lipinski definition) is 3. The van der Waals surface area contributed by atoms with Gasteiger partial charge in [0.05, 0.1) is 5.56 Å². The van der Waals surface area contributed by atoms with Crippen LogP contribution in [-0.4, -0.2) is 24.0 Å². The molecular formula is C19H17BrFNO3. The Balaban J connectivity index is 1.76. The molecule has 0 saturated carbocycles. The molecule has 0 saturated heterocycles. The summed E-state index contributed by atoms with van der Waals surface area (Å²) in [5.41, 5.74) is 2.13. The second-order valence-corrected chi connectivity index (χ2v) is 6.92. The van der Waals surface area contributed by atoms with Gasteiger partial charge in [-0.05, 0) is 66.0 Å². The number of halogens is 2. The predicted molar refractivity (Wildman–Crippen MR) is 96.1 cm³/mol. The molecule has 1 amide bonds. The van der Waals surface area contributed by atoms with Crippen molar-refractivity contribution in [3.05, 3.63) is 63.9 Å². The fraction of sp³-hybridized carbons (Fsp3) is 0.263. The van der Waals surface area contributed by atoms with Crippen molar-refractivity contribution in [1.29, 1.82) is 0 Å². The Labute approximate surface area is 153 Å². The van der Waals surface area contributed by atoms with E-state index >= 15 is 0 Å². The molecule has 25 heavy (non-hydrogen) atoms. The molecule has 0 aromatic heterocycles. The smallest absolute Gasteiger partial charge is 0.340 e. The Morgan fingerprint density at radius 3 is 2.72 bits per heavy atom. The van der Waals surface area contributed by atoms with Crippen LogP contribution in [0.2, 0.25) is 0 Å². The minimum atomic E-state index is -0.946. The van der Waals surface area contributed by atoms with Crippen molar-refractivity contribution in [1.82, 2.24) is 0 Å². The van der Waals surface area contributed by atoms with Crippen LogP contribution in [-0.2, 0) is 16.0 Å². The third-order valence-corrected chi connectivity index (χ3v) is 4.88. The molecule has 2 aromatic rings. The molecule has 2 atom stereocenters. The van der Waals surface area contributed by atoms with Gasteiger partial charge < -0.3 is 9.64 Å². The third kappa shape index (κ3) is 3.44. The Kier molecular flexibility index (Phi) is 4.90. The number of nitrogens with zero attached hydrogens (tertiary/aromatic N) is 1. The number of hydrogen-bond donors (Lipinski definition) is 0. The molecule has 0 bridgehead atoms. The van der Waals surface area contributed by atoms with Crippen LogP contribution in [0.25, 0.3) is 0 Å². The Bertz CT molecular complexity index is 839. The van der Waals surface area contributed by atoms with E-state index in [2.05, 4.69) is 15.9 Å². The molecule has 0 fully saturated rings. The first-order chi connectivity index (χ1) is 11.9. The topological polar surface area (TPSA) is 46.6 Å². The van der Waals surface area contributed by atoms with E-state index in [0.29, 0.717) is 0 Å². The van der Waals surface area contributed by atoms with E-state index in [9.17, 15) is 14.0 Å². The van der Waals surface area contributed by atoms with Crippen LogP contribution in [0.5, 0.6) is 0 Å². The summed E-state index contributed by atoms with van der Waals surface area (Å²) in [5, 5.41) is 0. The Morgan fingerprint density at radius 1 is 1.28 bits per heavy atom. The van der Waals surface area contributed by atoms with Crippen LogP contribution < -0.4 is 4.90 Å². The summed E-state index contributed by atoms with van der Waals surface area (Å²) in [6, 6.07) is 11.4. The van der Waals surface area contributed by atoms with Gasteiger partial charge >= 0.3 is 5.97 Å². The summed E-state index contributed by atoms with van der Waals surface area (Å²) < 4.78 is 18.7. The van der Waals surface area contributed by atoms with Crippen molar-refractivity contribution in [3.8, 4) is 0 Å². The van der Waals surface area contributed by atoms with Crippen LogP contribution in [0.15, 0.2) is 46.9 Å². The molecule has 0 unspecified atom stereocenters. The number of esters is 1. The highest BCUT2D eigenvalue weighted by molar-refractivity contribution is 9.10. The minimum absolute atomic E-state index is 0.00334. The van der Waals surface area contributed by atoms with Crippen molar-refractivity contribution in [2.24, 2.45) is 0 Å². The molecule has 3 rings (SSSR count). The first-order valence-corrected chi connectivity index (χ1v) is 8.75. The largest absolute Gasteiger partial charge is 0.449 e. The van der Waals surface area contributed by atoms with E-state index in [4.69, 9.17) is 4.74 Å². The molecule has 0 aliphatic carbocycles. The molecule has 0 spiro atoms. The van der Waals surface area contributed by atoms with Crippen LogP contribution in [0.4, 0.5) is 10.1 Å². The lowest BCUT2D eigenvalue weighted by molar-refractivity contribution is -0.126. The maximum Gasteiger partial charge on any atom is 0.340 e. The van der Waals surface area contributed by atoms with Gasteiger partial charge in [-0.25, -0.2) is 9.18 Å². The van der Waals surface area contributed by atoms with Crippen molar-refractivity contribution in [2.45, 2.75) is 32.4 Å². The summed E-state index contributed by atoms with van der Waals surface area (Å²) in [7, 11) is 0. The minimum Gasteiger partial charge on any atom is -0.449 e. The molecule has 6 heteroatoms. The number of ether oxygens (including phenoxy) is 1. The van der Waals surface area contributed by atoms with Crippen LogP contribution in [0.1, 0.15) is 29.8 Å². The monoisotopic (exact) mass is 405 g/mol. The van der Waals surface area contributed by atoms with Crippen LogP contribution >= 0.6 is 15.9 Å². The highest BCUT2D eigenvalue weighted by Gasteiger charge is 2.34. The molecule has 1 aliphatic rings. The van der Waals surface area contributed by atoms with E-state index < -0.39 is 17.9 Å². The van der Waals surface area contributed by atoms with Gasteiger partial charge in [-0.2, -0.15) is 0 Å². The zero-order chi connectivity index (χ0) is 18.1. The first-order valence-electron chi connectivity index (χ1n) is 7.95. The van der Waals surface area contributed by atoms with Gasteiger partial charge in [-0.3, -0.25) is 4.79 Å². The van der Waals surface area contributed by atoms with Crippen molar-refractivity contribution in [2.75, 3.05) is 4.90 Å². The third-order valence-electron chi connectivity index (χ3n) is 4.23. The first kappa shape index (κ1) is 17.6. The molecule has 0 N–H and O–H groups in total. The second-order valence-electron chi connectivity index (χ2n) is 6.06. The number of benzene rings is 2. The van der Waals surface area contributed by atoms with Gasteiger partial charge in [0, 0.05) is 16.2 Å². The van der Waals surface area contributed by atoms with Crippen LogP contribution in [0, 0.1) is 5.82 Å². The SMILES string of the molecule is C[C@H](OC(=O)c1ccc(F)cc1Br)C(=O)N1c2ccccc2C[C@H]1C. The Morgan fingerprint density at radius 2 is 2.00 bits per heavy atom. The molecule has 4 nitrogen and oxygen atoms in total. The van der Waals surface area contributed by atoms with E-state index in [1.807, 2.05) is 31.2 Å². The highest BCUT2D eigenvalue weighted by atomic mass is 79.9. The summed E-state index contributed by atoms with van der Waals surface area (Å²) in [6.07, 6.45) is -0.176. The van der Waals surface area contributed by atoms with Gasteiger partial charge in [0.2, 0.25) is 0 Å². The maximum absolute atomic E-state index is 13.1. The number of carbonyl (C=O) groups excluding carboxylic acids is 2. The van der Waals surface area contributed by atoms with E-state index in [-0.39, 0.29) is 22.0 Å². The lowest BCUT2D eigenvalue weighted by Gasteiger charge is -2.26. The lowest BCUT2D eigenvalue weighted by Crippen LogP contribution is -2.43. The molecule has 130 valence electrons. The van der Waals surface area contributed by atoms with E-state index in [1.165, 1.54) is 18.2 Å². The number of amides is 1. The number of rotatable bonds is 3. The van der Waals surface area contributed by atoms with Crippen molar-refractivity contribution >= 4 is 33.5 Å². The average molecular weight is 406 g/mol. The summed E-state index contributed by atoms with van der Waals surface area (Å²) in [4.78, 5) is 26.8. The predicted octanol–water partition coefficient (Wildman–Crippen LogP) is 4.11. The maximum atomic E-state index is 13.1. The standard InChI is InChI=1S/C19H17BrFNO3/c1-11-9-13-5-3-4-6-17(13)22(11)18(23)12(2)25-19(24)15-8-7-14(21)10-16(15)20/h3-8,10-12H,9H2,1-2H3/t11-,12+/m1/s1. The van der Waals surface area contributed by atoms with Gasteiger partial charge in [0.1, 0.15) is 5.82 Å². The second kappa shape index (κ2) is 6.96. The van der Waals surface area contributed by atoms with Gasteiger partial charge in [0.25, 0.3) is 5.91 Å². The van der Waals surface area contributed by atoms with Crippen molar-refractivity contribution < 1.29 is 18.7 Å². The number of carbonyl (C=O) groups is 2. The zero-order valence-corrected chi connectivity index (χ0v) is 15.4. The molecule has 2 aromatic carbocycles. The summed E-state index contributed by atoms with van der Waals surface area (Å²) in [6.45, 7) is 3.51. The average Bonchev–Trinajstić information content (AvgIpc) is 2.89. The van der Waals surface area contributed by atoms with Gasteiger partial charge in [-0.15, -0.1) is 0 Å². The van der Waals surface area contributed by atoms with Crippen molar-refractivity contribution in [3.63, 3.8) is 0 Å². The molecule has 1 aliphatic heterocycles. The zero-order valence-electron chi connectivity index (χ0n) is 13.8. The lowest BCUT2D eigenvalue weighted by atomic mass is 10.1. The number of para-hydroxylation sites is 1. The van der Waals surface area contributed by atoms with Gasteiger partial charge in [-0.1, -0.05) is 18.2 Å². The molecule has 1 heterocycles. The summed E-state index contributed by atoms with van der Waals surface area (Å²) >= 11 is 3.14. The normalized spacial score (nSPS) is 17.1. The fourth-order valence-electron chi connectivity index (χ4n) is 3.03. The summed E-state index contributed by atoms with van der Waals surface area (Å²) in [5.74, 6) is -1.41. The van der Waals surface area contributed by atoms with E-state index in [1.54, 1.807) is 11.8 Å². The van der Waals surface area contributed by atoms with Crippen LogP contribution in [0.3, 0.4) is 0 Å². The Hall–Kier alpha value is -2.21. The quantitative estimate of drug-likeness (QED) is 0.721. The van der Waals surface area contributed by atoms with Gasteiger partial charge in [0.15, 0.2) is 6.10 Å². The fourth-order valence-corrected chi connectivity index (χ4v) is 3.54. The van der Waals surface area contributed by atoms with E-state index in [0.717, 1.165) is 17.7 Å².